The predicted octanol–water partition coefficient (Wildman–Crippen LogP) is 4.41. The Balaban J connectivity index is 1.92. The zero-order valence-electron chi connectivity index (χ0n) is 14.1. The Morgan fingerprint density at radius 3 is 2.50 bits per heavy atom. The molecular formula is C18H15N4O4-. The Hall–Kier alpha value is -3.68. The molecule has 0 saturated carbocycles. The molecule has 0 atom stereocenters. The number of benzene rings is 2. The molecule has 1 aromatic heterocycles. The van der Waals surface area contributed by atoms with Crippen LogP contribution in [-0.4, -0.2) is 29.1 Å². The van der Waals surface area contributed by atoms with Crippen molar-refractivity contribution in [2.75, 3.05) is 14.2 Å². The molecule has 0 aliphatic heterocycles. The van der Waals surface area contributed by atoms with Gasteiger partial charge >= 0.3 is 5.69 Å². The van der Waals surface area contributed by atoms with Gasteiger partial charge in [-0.3, -0.25) is 15.1 Å². The van der Waals surface area contributed by atoms with Gasteiger partial charge in [0.15, 0.2) is 5.75 Å². The van der Waals surface area contributed by atoms with Gasteiger partial charge in [-0.05, 0) is 30.0 Å². The molecule has 0 fully saturated rings. The van der Waals surface area contributed by atoms with Gasteiger partial charge in [-0.25, -0.2) is 0 Å². The van der Waals surface area contributed by atoms with Gasteiger partial charge in [0.25, 0.3) is 0 Å². The van der Waals surface area contributed by atoms with Crippen molar-refractivity contribution in [3.63, 3.8) is 0 Å². The lowest BCUT2D eigenvalue weighted by atomic mass is 10.1. The Kier molecular flexibility index (Phi) is 4.93. The molecule has 0 radical (unpaired) electrons. The van der Waals surface area contributed by atoms with Crippen molar-refractivity contribution in [3.05, 3.63) is 70.3 Å². The standard InChI is InChI=1S/C18H15N4O4/c1-25-16-6-4-3-5-13(16)14-10-18(20-11-19-14)21-12-7-8-17(26-2)15(9-12)22(23)24/h3-11H,1-2H3/q-1. The number of aromatic nitrogens is 2. The average Bonchev–Trinajstić information content (AvgIpc) is 2.68. The summed E-state index contributed by atoms with van der Waals surface area (Å²) in [6.45, 7) is 0. The maximum absolute atomic E-state index is 11.1. The van der Waals surface area contributed by atoms with E-state index in [1.807, 2.05) is 24.3 Å². The van der Waals surface area contributed by atoms with Crippen LogP contribution >= 0.6 is 0 Å². The monoisotopic (exact) mass is 351 g/mol. The van der Waals surface area contributed by atoms with E-state index in [1.54, 1.807) is 19.2 Å². The lowest BCUT2D eigenvalue weighted by Crippen LogP contribution is -1.93. The highest BCUT2D eigenvalue weighted by Gasteiger charge is 2.14. The molecule has 3 aromatic rings. The Bertz CT molecular complexity index is 946. The van der Waals surface area contributed by atoms with E-state index in [0.29, 0.717) is 22.9 Å². The van der Waals surface area contributed by atoms with Crippen LogP contribution in [0, 0.1) is 10.1 Å². The summed E-state index contributed by atoms with van der Waals surface area (Å²) in [7, 11) is 2.96. The first-order valence-electron chi connectivity index (χ1n) is 7.62. The maximum atomic E-state index is 11.1. The van der Waals surface area contributed by atoms with Crippen LogP contribution in [0.2, 0.25) is 0 Å². The number of hydrogen-bond acceptors (Lipinski definition) is 6. The van der Waals surface area contributed by atoms with Crippen LogP contribution in [0.15, 0.2) is 54.9 Å². The lowest BCUT2D eigenvalue weighted by molar-refractivity contribution is -0.385. The largest absolute Gasteiger partial charge is 0.496 e. The summed E-state index contributed by atoms with van der Waals surface area (Å²) in [5.74, 6) is 1.23. The highest BCUT2D eigenvalue weighted by Crippen LogP contribution is 2.37. The summed E-state index contributed by atoms with van der Waals surface area (Å²) < 4.78 is 10.3. The van der Waals surface area contributed by atoms with Crippen LogP contribution in [-0.2, 0) is 0 Å². The molecule has 0 N–H and O–H groups in total. The van der Waals surface area contributed by atoms with E-state index in [2.05, 4.69) is 15.3 Å². The van der Waals surface area contributed by atoms with E-state index in [0.717, 1.165) is 5.56 Å². The van der Waals surface area contributed by atoms with Gasteiger partial charge < -0.3 is 19.8 Å². The quantitative estimate of drug-likeness (QED) is 0.481. The van der Waals surface area contributed by atoms with E-state index in [9.17, 15) is 10.1 Å². The summed E-state index contributed by atoms with van der Waals surface area (Å²) in [6, 6.07) is 13.6. The topological polar surface area (TPSA) is 101 Å². The fourth-order valence-electron chi connectivity index (χ4n) is 2.43. The van der Waals surface area contributed by atoms with Gasteiger partial charge in [0.2, 0.25) is 0 Å². The van der Waals surface area contributed by atoms with Crippen LogP contribution in [0.1, 0.15) is 0 Å². The second-order valence-electron chi connectivity index (χ2n) is 5.19. The maximum Gasteiger partial charge on any atom is 0.311 e. The van der Waals surface area contributed by atoms with E-state index in [4.69, 9.17) is 9.47 Å². The van der Waals surface area contributed by atoms with Gasteiger partial charge in [0.05, 0.1) is 24.8 Å². The summed E-state index contributed by atoms with van der Waals surface area (Å²) >= 11 is 0. The fraction of sp³-hybridized carbons (Fsp3) is 0.111. The molecule has 8 nitrogen and oxygen atoms in total. The molecular weight excluding hydrogens is 336 g/mol. The number of methoxy groups -OCH3 is 2. The number of nitro benzene ring substituents is 1. The third-order valence-electron chi connectivity index (χ3n) is 3.64. The molecule has 3 rings (SSSR count). The van der Waals surface area contributed by atoms with Crippen LogP contribution in [0.3, 0.4) is 0 Å². The molecule has 26 heavy (non-hydrogen) atoms. The van der Waals surface area contributed by atoms with E-state index >= 15 is 0 Å². The smallest absolute Gasteiger partial charge is 0.311 e. The van der Waals surface area contributed by atoms with Crippen LogP contribution < -0.4 is 9.47 Å². The number of nitro groups is 1. The zero-order valence-corrected chi connectivity index (χ0v) is 14.1. The molecule has 132 valence electrons. The van der Waals surface area contributed by atoms with Crippen LogP contribution in [0.5, 0.6) is 11.5 Å². The van der Waals surface area contributed by atoms with E-state index in [1.165, 1.54) is 25.6 Å². The Labute approximate surface area is 149 Å². The molecule has 0 aliphatic rings. The fourth-order valence-corrected chi connectivity index (χ4v) is 2.43. The van der Waals surface area contributed by atoms with Gasteiger partial charge in [-0.1, -0.05) is 24.0 Å². The van der Waals surface area contributed by atoms with Crippen molar-refractivity contribution in [2.24, 2.45) is 0 Å². The second-order valence-corrected chi connectivity index (χ2v) is 5.19. The third-order valence-corrected chi connectivity index (χ3v) is 3.64. The van der Waals surface area contributed by atoms with Gasteiger partial charge in [0, 0.05) is 18.0 Å². The molecule has 2 aromatic carbocycles. The first kappa shape index (κ1) is 17.2. The number of hydrogen-bond donors (Lipinski definition) is 0. The zero-order chi connectivity index (χ0) is 18.5. The molecule has 0 spiro atoms. The SMILES string of the molecule is COc1ccccc1-c1cc([N-]c2ccc(OC)c([N+](=O)[O-])c2)ncn1. The minimum absolute atomic E-state index is 0.159. The normalized spacial score (nSPS) is 10.2. The second kappa shape index (κ2) is 7.47. The van der Waals surface area contributed by atoms with Crippen molar-refractivity contribution in [3.8, 4) is 22.8 Å². The van der Waals surface area contributed by atoms with Crippen molar-refractivity contribution in [1.82, 2.24) is 9.97 Å². The highest BCUT2D eigenvalue weighted by molar-refractivity contribution is 5.73. The van der Waals surface area contributed by atoms with E-state index in [-0.39, 0.29) is 11.4 Å². The van der Waals surface area contributed by atoms with E-state index < -0.39 is 4.92 Å². The van der Waals surface area contributed by atoms with Crippen molar-refractivity contribution in [1.29, 1.82) is 0 Å². The summed E-state index contributed by atoms with van der Waals surface area (Å²) in [5, 5.41) is 15.5. The van der Waals surface area contributed by atoms with Crippen molar-refractivity contribution in [2.45, 2.75) is 0 Å². The average molecular weight is 351 g/mol. The highest BCUT2D eigenvalue weighted by atomic mass is 16.6. The third kappa shape index (κ3) is 3.54. The molecule has 0 bridgehead atoms. The molecule has 0 saturated heterocycles. The number of rotatable bonds is 6. The first-order valence-corrected chi connectivity index (χ1v) is 7.62. The predicted molar refractivity (Wildman–Crippen MR) is 96.3 cm³/mol. The number of ether oxygens (including phenoxy) is 2. The minimum atomic E-state index is -0.516. The summed E-state index contributed by atoms with van der Waals surface area (Å²) in [6.07, 6.45) is 1.39. The molecule has 0 unspecified atom stereocenters. The van der Waals surface area contributed by atoms with Gasteiger partial charge in [0.1, 0.15) is 5.75 Å². The van der Waals surface area contributed by atoms with Crippen molar-refractivity contribution >= 4 is 17.2 Å². The lowest BCUT2D eigenvalue weighted by Gasteiger charge is -2.17. The molecule has 0 aliphatic carbocycles. The van der Waals surface area contributed by atoms with Crippen LogP contribution in [0.25, 0.3) is 16.6 Å². The number of para-hydroxylation sites is 1. The first-order chi connectivity index (χ1) is 12.6. The molecule has 0 amide bonds. The van der Waals surface area contributed by atoms with Crippen molar-refractivity contribution < 1.29 is 14.4 Å². The Morgan fingerprint density at radius 1 is 1.00 bits per heavy atom. The minimum Gasteiger partial charge on any atom is -0.496 e. The molecule has 1 heterocycles. The Morgan fingerprint density at radius 2 is 1.77 bits per heavy atom. The number of nitrogens with zero attached hydrogens (tertiary/aromatic N) is 4. The van der Waals surface area contributed by atoms with Crippen LogP contribution in [0.4, 0.5) is 17.2 Å². The van der Waals surface area contributed by atoms with Gasteiger partial charge in [-0.2, -0.15) is 0 Å². The van der Waals surface area contributed by atoms with Gasteiger partial charge in [-0.15, -0.1) is 0 Å². The molecule has 8 heteroatoms. The summed E-state index contributed by atoms with van der Waals surface area (Å²) in [4.78, 5) is 19.0. The summed E-state index contributed by atoms with van der Waals surface area (Å²) in [5.41, 5.74) is 1.67.